The number of carboxylic acids is 1. The van der Waals surface area contributed by atoms with Crippen molar-refractivity contribution in [2.24, 2.45) is 0 Å². The molecule has 1 atom stereocenters. The number of hydrogen-bond donors (Lipinski definition) is 2. The van der Waals surface area contributed by atoms with E-state index < -0.39 is 5.97 Å². The maximum absolute atomic E-state index is 10.3. The van der Waals surface area contributed by atoms with Gasteiger partial charge in [0, 0.05) is 6.42 Å². The molecule has 0 amide bonds. The molecule has 0 bridgehead atoms. The predicted octanol–water partition coefficient (Wildman–Crippen LogP) is 2.06. The standard InChI is InChI=1S/C14H28O4.Po.2H/c1-2-8-13(18-12-11-15)9-6-4-3-5-7-10-14(16)17;;;/h13,15H,2-12H2,1H3,(H,16,17);;;. The summed E-state index contributed by atoms with van der Waals surface area (Å²) in [4.78, 5) is 10.3. The minimum atomic E-state index is -0.699. The second-order valence-electron chi connectivity index (χ2n) is 4.71. The van der Waals surface area contributed by atoms with Gasteiger partial charge in [-0.2, -0.15) is 0 Å². The fraction of sp³-hybridized carbons (Fsp3) is 0.929. The summed E-state index contributed by atoms with van der Waals surface area (Å²) in [7, 11) is 0. The molecule has 2 N–H and O–H groups in total. The van der Waals surface area contributed by atoms with Gasteiger partial charge >= 0.3 is 32.5 Å². The Balaban J connectivity index is 0. The first-order chi connectivity index (χ1) is 8.70. The molecular weight excluding hydrogens is 441 g/mol. The van der Waals surface area contributed by atoms with Crippen LogP contribution in [-0.2, 0) is 9.53 Å². The maximum atomic E-state index is 10.3. The molecule has 0 heterocycles. The molecule has 0 fully saturated rings. The van der Waals surface area contributed by atoms with Gasteiger partial charge in [0.15, 0.2) is 0 Å². The van der Waals surface area contributed by atoms with Crippen LogP contribution in [0.25, 0.3) is 0 Å². The van der Waals surface area contributed by atoms with Gasteiger partial charge in [0.05, 0.1) is 19.3 Å². The summed E-state index contributed by atoms with van der Waals surface area (Å²) in [6, 6.07) is 0. The first kappa shape index (κ1) is 21.6. The molecule has 1 unspecified atom stereocenters. The number of aliphatic carboxylic acids is 1. The molecule has 0 radical (unpaired) electrons. The van der Waals surface area contributed by atoms with Crippen LogP contribution >= 0.6 is 0 Å². The number of hydrogen-bond acceptors (Lipinski definition) is 3. The number of carbonyl (C=O) groups is 1. The normalized spacial score (nSPS) is 11.9. The minimum absolute atomic E-state index is 0. The Morgan fingerprint density at radius 2 is 1.74 bits per heavy atom. The van der Waals surface area contributed by atoms with E-state index in [1.807, 2.05) is 0 Å². The van der Waals surface area contributed by atoms with Crippen LogP contribution in [0.4, 0.5) is 0 Å². The zero-order chi connectivity index (χ0) is 13.6. The number of aliphatic hydroxyl groups excluding tert-OH is 1. The molecule has 19 heavy (non-hydrogen) atoms. The number of aliphatic hydroxyl groups is 1. The van der Waals surface area contributed by atoms with Crippen LogP contribution in [0, 0.1) is 0 Å². The number of ether oxygens (including phenoxy) is 1. The van der Waals surface area contributed by atoms with Crippen LogP contribution in [0.1, 0.15) is 64.7 Å². The fourth-order valence-electron chi connectivity index (χ4n) is 2.03. The van der Waals surface area contributed by atoms with Crippen molar-refractivity contribution in [3.8, 4) is 0 Å². The van der Waals surface area contributed by atoms with E-state index >= 15 is 0 Å². The second-order valence-corrected chi connectivity index (χ2v) is 4.71. The molecule has 116 valence electrons. The van der Waals surface area contributed by atoms with Gasteiger partial charge in [0.1, 0.15) is 0 Å². The third-order valence-corrected chi connectivity index (χ3v) is 2.97. The summed E-state index contributed by atoms with van der Waals surface area (Å²) in [5.74, 6) is -0.699. The Hall–Kier alpha value is 0.286. The number of carboxylic acid groups (broad SMARTS) is 1. The Kier molecular flexibility index (Phi) is 18.6. The quantitative estimate of drug-likeness (QED) is 0.404. The van der Waals surface area contributed by atoms with Crippen LogP contribution in [0.15, 0.2) is 0 Å². The molecule has 4 nitrogen and oxygen atoms in total. The van der Waals surface area contributed by atoms with Gasteiger partial charge in [-0.25, -0.2) is 0 Å². The first-order valence-electron chi connectivity index (χ1n) is 7.15. The molecular formula is C14H30O4Po. The molecule has 5 heteroatoms. The Labute approximate surface area is 136 Å². The molecule has 0 aliphatic heterocycles. The Bertz CT molecular complexity index is 200. The first-order valence-corrected chi connectivity index (χ1v) is 7.15. The van der Waals surface area contributed by atoms with E-state index in [2.05, 4.69) is 6.92 Å². The summed E-state index contributed by atoms with van der Waals surface area (Å²) in [5.41, 5.74) is 0. The van der Waals surface area contributed by atoms with Crippen molar-refractivity contribution in [2.75, 3.05) is 13.2 Å². The van der Waals surface area contributed by atoms with Gasteiger partial charge in [-0.3, -0.25) is 4.79 Å². The van der Waals surface area contributed by atoms with E-state index in [1.54, 1.807) is 0 Å². The van der Waals surface area contributed by atoms with Crippen molar-refractivity contribution in [2.45, 2.75) is 70.8 Å². The van der Waals surface area contributed by atoms with Gasteiger partial charge in [0.2, 0.25) is 0 Å². The zero-order valence-electron chi connectivity index (χ0n) is 12.1. The summed E-state index contributed by atoms with van der Waals surface area (Å²) in [6.45, 7) is 2.67. The van der Waals surface area contributed by atoms with Crippen molar-refractivity contribution in [3.05, 3.63) is 0 Å². The van der Waals surface area contributed by atoms with E-state index in [0.717, 1.165) is 51.4 Å². The van der Waals surface area contributed by atoms with Gasteiger partial charge in [-0.05, 0) is 19.3 Å². The molecule has 0 rings (SSSR count). The van der Waals surface area contributed by atoms with E-state index in [9.17, 15) is 4.79 Å². The van der Waals surface area contributed by atoms with Crippen LogP contribution in [-0.4, -0.2) is 62.1 Å². The Morgan fingerprint density at radius 3 is 2.32 bits per heavy atom. The van der Waals surface area contributed by atoms with Crippen molar-refractivity contribution in [3.63, 3.8) is 0 Å². The molecule has 0 saturated carbocycles. The molecule has 0 spiro atoms. The second kappa shape index (κ2) is 16.3. The van der Waals surface area contributed by atoms with Crippen LogP contribution in [0.2, 0.25) is 0 Å². The van der Waals surface area contributed by atoms with Crippen molar-refractivity contribution < 1.29 is 19.7 Å². The number of unbranched alkanes of at least 4 members (excludes halogenated alkanes) is 4. The summed E-state index contributed by atoms with van der Waals surface area (Å²) in [6.07, 6.45) is 8.94. The van der Waals surface area contributed by atoms with E-state index in [0.29, 0.717) is 6.61 Å². The van der Waals surface area contributed by atoms with Crippen LogP contribution < -0.4 is 0 Å². The van der Waals surface area contributed by atoms with E-state index in [4.69, 9.17) is 14.9 Å². The fourth-order valence-corrected chi connectivity index (χ4v) is 2.03. The van der Waals surface area contributed by atoms with Crippen LogP contribution in [0.3, 0.4) is 0 Å². The average Bonchev–Trinajstić information content (AvgIpc) is 2.34. The molecule has 0 aromatic carbocycles. The molecule has 0 saturated heterocycles. The van der Waals surface area contributed by atoms with Gasteiger partial charge in [0.25, 0.3) is 0 Å². The molecule has 0 aromatic rings. The summed E-state index contributed by atoms with van der Waals surface area (Å²) >= 11 is 0. The molecule has 0 aliphatic rings. The monoisotopic (exact) mass is 471 g/mol. The van der Waals surface area contributed by atoms with Crippen molar-refractivity contribution in [1.29, 1.82) is 0 Å². The topological polar surface area (TPSA) is 66.8 Å². The third kappa shape index (κ3) is 16.2. The SMILES string of the molecule is CCCC(CCCCCCCC(=O)O)OCCO.[PoH2]. The number of rotatable bonds is 13. The average molecular weight is 471 g/mol. The summed E-state index contributed by atoms with van der Waals surface area (Å²) < 4.78 is 5.56. The van der Waals surface area contributed by atoms with E-state index in [1.165, 1.54) is 0 Å². The van der Waals surface area contributed by atoms with Gasteiger partial charge in [-0.15, -0.1) is 0 Å². The van der Waals surface area contributed by atoms with Gasteiger partial charge < -0.3 is 14.9 Å². The Morgan fingerprint density at radius 1 is 1.11 bits per heavy atom. The van der Waals surface area contributed by atoms with Crippen molar-refractivity contribution in [1.82, 2.24) is 0 Å². The van der Waals surface area contributed by atoms with Crippen molar-refractivity contribution >= 4 is 32.5 Å². The predicted molar refractivity (Wildman–Crippen MR) is 80.2 cm³/mol. The zero-order valence-corrected chi connectivity index (χ0v) is 16.0. The third-order valence-electron chi connectivity index (χ3n) is 2.97. The van der Waals surface area contributed by atoms with Crippen LogP contribution in [0.5, 0.6) is 0 Å². The molecule has 0 aromatic heterocycles. The van der Waals surface area contributed by atoms with E-state index in [-0.39, 0.29) is 45.7 Å². The van der Waals surface area contributed by atoms with Gasteiger partial charge in [-0.1, -0.05) is 39.0 Å². The molecule has 0 aliphatic carbocycles. The summed E-state index contributed by atoms with van der Waals surface area (Å²) in [5, 5.41) is 17.2.